The third-order valence-corrected chi connectivity index (χ3v) is 3.12. The predicted octanol–water partition coefficient (Wildman–Crippen LogP) is 3.73. The van der Waals surface area contributed by atoms with Gasteiger partial charge >= 0.3 is 0 Å². The maximum absolute atomic E-state index is 12.7. The monoisotopic (exact) mass is 241 g/mol. The van der Waals surface area contributed by atoms with Gasteiger partial charge in [-0.1, -0.05) is 0 Å². The van der Waals surface area contributed by atoms with Crippen LogP contribution in [-0.2, 0) is 6.42 Å². The van der Waals surface area contributed by atoms with Crippen molar-refractivity contribution < 1.29 is 4.39 Å². The first-order valence-electron chi connectivity index (χ1n) is 4.56. The molecular weight excluding hydrogens is 233 g/mol. The molecule has 0 atom stereocenters. The highest BCUT2D eigenvalue weighted by molar-refractivity contribution is 7.13. The van der Waals surface area contributed by atoms with E-state index < -0.39 is 0 Å². The molecule has 0 bridgehead atoms. The second-order valence-corrected chi connectivity index (χ2v) is 4.33. The van der Waals surface area contributed by atoms with Gasteiger partial charge in [0.25, 0.3) is 0 Å². The molecule has 78 valence electrons. The van der Waals surface area contributed by atoms with Crippen molar-refractivity contribution in [2.24, 2.45) is 0 Å². The molecule has 0 radical (unpaired) electrons. The van der Waals surface area contributed by atoms with E-state index in [1.165, 1.54) is 12.1 Å². The molecule has 0 unspecified atom stereocenters. The number of aromatic nitrogens is 1. The summed E-state index contributed by atoms with van der Waals surface area (Å²) >= 11 is 7.18. The lowest BCUT2D eigenvalue weighted by molar-refractivity contribution is 0.628. The first-order valence-corrected chi connectivity index (χ1v) is 5.97. The Labute approximate surface area is 96.5 Å². The molecule has 0 N–H and O–H groups in total. The lowest BCUT2D eigenvalue weighted by Gasteiger charge is -1.95. The highest BCUT2D eigenvalue weighted by Gasteiger charge is 2.04. The molecule has 1 aromatic heterocycles. The van der Waals surface area contributed by atoms with E-state index in [4.69, 9.17) is 11.6 Å². The third-order valence-electron chi connectivity index (χ3n) is 1.99. The van der Waals surface area contributed by atoms with Crippen molar-refractivity contribution in [3.8, 4) is 10.6 Å². The number of halogens is 2. The number of alkyl halides is 1. The molecule has 0 aliphatic rings. The van der Waals surface area contributed by atoms with Crippen LogP contribution in [0.25, 0.3) is 10.6 Å². The fourth-order valence-corrected chi connectivity index (χ4v) is 2.30. The summed E-state index contributed by atoms with van der Waals surface area (Å²) in [6.45, 7) is 0. The summed E-state index contributed by atoms with van der Waals surface area (Å²) in [5.74, 6) is 0.350. The zero-order valence-electron chi connectivity index (χ0n) is 7.91. The van der Waals surface area contributed by atoms with Gasteiger partial charge in [0, 0.05) is 23.2 Å². The number of benzene rings is 1. The Bertz CT molecular complexity index is 438. The van der Waals surface area contributed by atoms with Crippen molar-refractivity contribution in [1.82, 2.24) is 4.98 Å². The molecule has 1 nitrogen and oxygen atoms in total. The summed E-state index contributed by atoms with van der Waals surface area (Å²) in [5, 5.41) is 2.90. The average molecular weight is 242 g/mol. The van der Waals surface area contributed by atoms with Crippen LogP contribution in [0.1, 0.15) is 5.69 Å². The minimum Gasteiger partial charge on any atom is -0.241 e. The molecule has 0 spiro atoms. The van der Waals surface area contributed by atoms with Gasteiger partial charge in [-0.25, -0.2) is 9.37 Å². The summed E-state index contributed by atoms with van der Waals surface area (Å²) < 4.78 is 12.7. The van der Waals surface area contributed by atoms with Crippen LogP contribution >= 0.6 is 22.9 Å². The Kier molecular flexibility index (Phi) is 3.34. The normalized spacial score (nSPS) is 10.5. The van der Waals surface area contributed by atoms with E-state index >= 15 is 0 Å². The molecule has 0 aliphatic heterocycles. The summed E-state index contributed by atoms with van der Waals surface area (Å²) in [5.41, 5.74) is 1.94. The van der Waals surface area contributed by atoms with E-state index in [9.17, 15) is 4.39 Å². The van der Waals surface area contributed by atoms with Crippen molar-refractivity contribution in [3.63, 3.8) is 0 Å². The number of thiazole rings is 1. The Morgan fingerprint density at radius 1 is 1.27 bits per heavy atom. The fraction of sp³-hybridized carbons (Fsp3) is 0.182. The molecule has 2 aromatic rings. The molecule has 2 rings (SSSR count). The molecular formula is C11H9ClFNS. The van der Waals surface area contributed by atoms with Gasteiger partial charge in [-0.2, -0.15) is 0 Å². The van der Waals surface area contributed by atoms with Gasteiger partial charge in [-0.15, -0.1) is 22.9 Å². The van der Waals surface area contributed by atoms with Crippen molar-refractivity contribution in [1.29, 1.82) is 0 Å². The van der Waals surface area contributed by atoms with E-state index in [0.29, 0.717) is 5.88 Å². The number of rotatable bonds is 3. The molecule has 1 aromatic carbocycles. The Balaban J connectivity index is 2.25. The van der Waals surface area contributed by atoms with Crippen molar-refractivity contribution in [3.05, 3.63) is 41.2 Å². The SMILES string of the molecule is Fc1ccc(-c2nc(CCCl)cs2)cc1. The summed E-state index contributed by atoms with van der Waals surface area (Å²) in [7, 11) is 0. The van der Waals surface area contributed by atoms with Gasteiger partial charge in [0.1, 0.15) is 10.8 Å². The summed E-state index contributed by atoms with van der Waals surface area (Å²) in [4.78, 5) is 4.41. The van der Waals surface area contributed by atoms with E-state index in [1.54, 1.807) is 23.5 Å². The van der Waals surface area contributed by atoms with Gasteiger partial charge in [0.2, 0.25) is 0 Å². The van der Waals surface area contributed by atoms with E-state index in [0.717, 1.165) is 22.7 Å². The Hall–Kier alpha value is -0.930. The van der Waals surface area contributed by atoms with Crippen LogP contribution in [0.15, 0.2) is 29.6 Å². The van der Waals surface area contributed by atoms with Gasteiger partial charge in [0.05, 0.1) is 5.69 Å². The average Bonchev–Trinajstić information content (AvgIpc) is 2.68. The number of hydrogen-bond acceptors (Lipinski definition) is 2. The number of aryl methyl sites for hydroxylation is 1. The van der Waals surface area contributed by atoms with Gasteiger partial charge < -0.3 is 0 Å². The lowest BCUT2D eigenvalue weighted by atomic mass is 10.2. The third kappa shape index (κ3) is 2.55. The summed E-state index contributed by atoms with van der Waals surface area (Å²) in [6.07, 6.45) is 0.777. The minimum absolute atomic E-state index is 0.226. The largest absolute Gasteiger partial charge is 0.241 e. The van der Waals surface area contributed by atoms with Crippen LogP contribution < -0.4 is 0 Å². The minimum atomic E-state index is -0.226. The predicted molar refractivity (Wildman–Crippen MR) is 61.9 cm³/mol. The second-order valence-electron chi connectivity index (χ2n) is 3.09. The smallest absolute Gasteiger partial charge is 0.123 e. The highest BCUT2D eigenvalue weighted by Crippen LogP contribution is 2.24. The molecule has 0 saturated carbocycles. The van der Waals surface area contributed by atoms with Gasteiger partial charge in [-0.3, -0.25) is 0 Å². The highest BCUT2D eigenvalue weighted by atomic mass is 35.5. The zero-order valence-corrected chi connectivity index (χ0v) is 9.48. The molecule has 0 fully saturated rings. The van der Waals surface area contributed by atoms with Crippen molar-refractivity contribution >= 4 is 22.9 Å². The molecule has 4 heteroatoms. The number of nitrogens with zero attached hydrogens (tertiary/aromatic N) is 1. The maximum atomic E-state index is 12.7. The zero-order chi connectivity index (χ0) is 10.7. The van der Waals surface area contributed by atoms with E-state index in [-0.39, 0.29) is 5.82 Å². The van der Waals surface area contributed by atoms with Crippen molar-refractivity contribution in [2.45, 2.75) is 6.42 Å². The summed E-state index contributed by atoms with van der Waals surface area (Å²) in [6, 6.07) is 6.35. The topological polar surface area (TPSA) is 12.9 Å². The van der Waals surface area contributed by atoms with Crippen LogP contribution in [0.4, 0.5) is 4.39 Å². The first kappa shape index (κ1) is 10.6. The quantitative estimate of drug-likeness (QED) is 0.747. The van der Waals surface area contributed by atoms with Crippen LogP contribution in [0, 0.1) is 5.82 Å². The second kappa shape index (κ2) is 4.73. The van der Waals surface area contributed by atoms with Crippen LogP contribution in [0.2, 0.25) is 0 Å². The van der Waals surface area contributed by atoms with Crippen LogP contribution in [0.3, 0.4) is 0 Å². The fourth-order valence-electron chi connectivity index (χ4n) is 1.24. The molecule has 1 heterocycles. The Morgan fingerprint density at radius 2 is 2.00 bits per heavy atom. The lowest BCUT2D eigenvalue weighted by Crippen LogP contribution is -1.85. The van der Waals surface area contributed by atoms with Crippen molar-refractivity contribution in [2.75, 3.05) is 5.88 Å². The first-order chi connectivity index (χ1) is 7.29. The van der Waals surface area contributed by atoms with Gasteiger partial charge in [-0.05, 0) is 24.3 Å². The van der Waals surface area contributed by atoms with Crippen LogP contribution in [0.5, 0.6) is 0 Å². The molecule has 15 heavy (non-hydrogen) atoms. The number of hydrogen-bond donors (Lipinski definition) is 0. The van der Waals surface area contributed by atoms with E-state index in [1.807, 2.05) is 5.38 Å². The Morgan fingerprint density at radius 3 is 2.67 bits per heavy atom. The van der Waals surface area contributed by atoms with E-state index in [2.05, 4.69) is 4.98 Å². The van der Waals surface area contributed by atoms with Gasteiger partial charge in [0.15, 0.2) is 0 Å². The van der Waals surface area contributed by atoms with Crippen LogP contribution in [-0.4, -0.2) is 10.9 Å². The molecule has 0 amide bonds. The molecule has 0 saturated heterocycles. The standard InChI is InChI=1S/C11H9ClFNS/c12-6-5-10-7-15-11(14-10)8-1-3-9(13)4-2-8/h1-4,7H,5-6H2. The maximum Gasteiger partial charge on any atom is 0.123 e. The molecule has 0 aliphatic carbocycles.